The van der Waals surface area contributed by atoms with Gasteiger partial charge in [0.15, 0.2) is 0 Å². The van der Waals surface area contributed by atoms with E-state index in [4.69, 9.17) is 0 Å². The van der Waals surface area contributed by atoms with Crippen LogP contribution in [-0.4, -0.2) is 104 Å². The van der Waals surface area contributed by atoms with E-state index in [0.29, 0.717) is 76.0 Å². The van der Waals surface area contributed by atoms with Gasteiger partial charge in [-0.2, -0.15) is 0 Å². The summed E-state index contributed by atoms with van der Waals surface area (Å²) in [4.78, 5) is 50.1. The highest BCUT2D eigenvalue weighted by Gasteiger charge is 2.22. The van der Waals surface area contributed by atoms with E-state index in [1.54, 1.807) is 36.4 Å². The molecule has 3 atom stereocenters. The topological polar surface area (TPSA) is 160 Å². The summed E-state index contributed by atoms with van der Waals surface area (Å²) in [5.74, 6) is 0. The van der Waals surface area contributed by atoms with Crippen molar-refractivity contribution in [3.05, 3.63) is 71.7 Å². The standard InChI is InChI=1S/C27H39N6O6P3/c1-40(34,35)25-10-4-7-22(28-25)19-31-13-15-32(20-23-8-5-11-26(29-23)41(2,36)37)17-18-33(16-14-31)21-24-9-6-12-27(30-24)42(3,38)39/h4-12H,13-21H2,1-3H3,(H,34,35)(H,36,37)(H,38,39). The van der Waals surface area contributed by atoms with Crippen LogP contribution in [0.25, 0.3) is 0 Å². The Morgan fingerprint density at radius 2 is 0.762 bits per heavy atom. The van der Waals surface area contributed by atoms with Crippen LogP contribution in [-0.2, 0) is 33.3 Å². The van der Waals surface area contributed by atoms with E-state index in [0.717, 1.165) is 0 Å². The highest BCUT2D eigenvalue weighted by Crippen LogP contribution is 2.34. The molecular weight excluding hydrogens is 597 g/mol. The molecule has 42 heavy (non-hydrogen) atoms. The largest absolute Gasteiger partial charge is 0.340 e. The lowest BCUT2D eigenvalue weighted by Crippen LogP contribution is -2.36. The molecule has 228 valence electrons. The van der Waals surface area contributed by atoms with Crippen molar-refractivity contribution < 1.29 is 28.4 Å². The molecule has 0 spiro atoms. The third-order valence-corrected chi connectivity index (χ3v) is 10.3. The quantitative estimate of drug-likeness (QED) is 0.289. The highest BCUT2D eigenvalue weighted by atomic mass is 31.2. The molecule has 12 nitrogen and oxygen atoms in total. The van der Waals surface area contributed by atoms with Crippen molar-refractivity contribution in [2.45, 2.75) is 19.6 Å². The monoisotopic (exact) mass is 636 g/mol. The van der Waals surface area contributed by atoms with E-state index >= 15 is 0 Å². The molecule has 15 heteroatoms. The fourth-order valence-corrected chi connectivity index (χ4v) is 6.73. The Morgan fingerprint density at radius 1 is 0.524 bits per heavy atom. The molecule has 1 saturated heterocycles. The number of hydrogen-bond donors (Lipinski definition) is 3. The Balaban J connectivity index is 1.55. The van der Waals surface area contributed by atoms with E-state index < -0.39 is 22.1 Å². The Morgan fingerprint density at radius 3 is 0.976 bits per heavy atom. The molecular formula is C27H39N6O6P3. The number of pyridine rings is 3. The highest BCUT2D eigenvalue weighted by molar-refractivity contribution is 7.65. The first-order chi connectivity index (χ1) is 19.7. The lowest BCUT2D eigenvalue weighted by Gasteiger charge is -2.25. The van der Waals surface area contributed by atoms with Crippen molar-refractivity contribution in [3.8, 4) is 0 Å². The Kier molecular flexibility index (Phi) is 10.7. The van der Waals surface area contributed by atoms with Crippen LogP contribution in [0.5, 0.6) is 0 Å². The van der Waals surface area contributed by atoms with Gasteiger partial charge in [0, 0.05) is 78.9 Å². The zero-order valence-corrected chi connectivity index (χ0v) is 26.8. The van der Waals surface area contributed by atoms with Gasteiger partial charge in [0.05, 0.1) is 17.1 Å². The Hall–Kier alpha value is -2.10. The van der Waals surface area contributed by atoms with Gasteiger partial charge < -0.3 is 14.7 Å². The molecule has 1 aliphatic rings. The van der Waals surface area contributed by atoms with Gasteiger partial charge in [0.1, 0.15) is 16.3 Å². The maximum atomic E-state index is 12.2. The number of nitrogens with zero attached hydrogens (tertiary/aromatic N) is 6. The van der Waals surface area contributed by atoms with Crippen LogP contribution < -0.4 is 16.3 Å². The normalized spacial score (nSPS) is 20.4. The second-order valence-corrected chi connectivity index (χ2v) is 17.6. The lowest BCUT2D eigenvalue weighted by molar-refractivity contribution is 0.207. The summed E-state index contributed by atoms with van der Waals surface area (Å²) in [5.41, 5.74) is 2.64. The third kappa shape index (κ3) is 9.71. The molecule has 0 amide bonds. The predicted octanol–water partition coefficient (Wildman–Crippen LogP) is 1.27. The van der Waals surface area contributed by atoms with Gasteiger partial charge in [-0.25, -0.2) is 15.0 Å². The van der Waals surface area contributed by atoms with Gasteiger partial charge >= 0.3 is 0 Å². The summed E-state index contributed by atoms with van der Waals surface area (Å²) >= 11 is 0. The van der Waals surface area contributed by atoms with Crippen LogP contribution in [0.15, 0.2) is 54.6 Å². The second-order valence-electron chi connectivity index (χ2n) is 10.9. The SMILES string of the molecule is CP(=O)(O)c1cccc(CN2CCN(Cc3cccc(P(C)(=O)O)n3)CCN(Cc3cccc(P(C)(=O)O)n3)CC2)n1. The molecule has 1 fully saturated rings. The first kappa shape index (κ1) is 32.8. The van der Waals surface area contributed by atoms with Crippen LogP contribution in [0.3, 0.4) is 0 Å². The summed E-state index contributed by atoms with van der Waals surface area (Å²) in [7, 11) is -10.5. The fourth-order valence-electron chi connectivity index (χ4n) is 4.70. The average Bonchev–Trinajstić information content (AvgIpc) is 2.99. The first-order valence-electron chi connectivity index (χ1n) is 13.6. The van der Waals surface area contributed by atoms with Gasteiger partial charge in [-0.05, 0) is 36.4 Å². The van der Waals surface area contributed by atoms with Gasteiger partial charge in [-0.15, -0.1) is 0 Å². The van der Waals surface area contributed by atoms with E-state index in [1.807, 2.05) is 18.2 Å². The van der Waals surface area contributed by atoms with Crippen LogP contribution in [0.1, 0.15) is 17.1 Å². The maximum Gasteiger partial charge on any atom is 0.244 e. The van der Waals surface area contributed by atoms with Gasteiger partial charge in [0.25, 0.3) is 0 Å². The number of rotatable bonds is 9. The lowest BCUT2D eigenvalue weighted by atomic mass is 10.3. The maximum absolute atomic E-state index is 12.2. The van der Waals surface area contributed by atoms with E-state index in [2.05, 4.69) is 29.7 Å². The molecule has 0 aromatic carbocycles. The van der Waals surface area contributed by atoms with Crippen molar-refractivity contribution in [3.63, 3.8) is 0 Å². The summed E-state index contributed by atoms with van der Waals surface area (Å²) in [6.45, 7) is 9.52. The van der Waals surface area contributed by atoms with Crippen LogP contribution in [0, 0.1) is 0 Å². The minimum absolute atomic E-state index is 0.179. The summed E-state index contributed by atoms with van der Waals surface area (Å²) < 4.78 is 36.6. The second kappa shape index (κ2) is 13.7. The van der Waals surface area contributed by atoms with Crippen LogP contribution in [0.4, 0.5) is 0 Å². The fraction of sp³-hybridized carbons (Fsp3) is 0.444. The summed E-state index contributed by atoms with van der Waals surface area (Å²) in [6.07, 6.45) is 0. The average molecular weight is 637 g/mol. The number of aromatic nitrogens is 3. The van der Waals surface area contributed by atoms with Crippen molar-refractivity contribution in [2.24, 2.45) is 0 Å². The molecule has 4 heterocycles. The minimum Gasteiger partial charge on any atom is -0.340 e. The molecule has 0 saturated carbocycles. The van der Waals surface area contributed by atoms with Crippen molar-refractivity contribution in [1.29, 1.82) is 0 Å². The molecule has 3 aromatic heterocycles. The third-order valence-electron chi connectivity index (χ3n) is 7.01. The predicted molar refractivity (Wildman–Crippen MR) is 165 cm³/mol. The zero-order chi connectivity index (χ0) is 30.5. The molecule has 3 aromatic rings. The molecule has 3 N–H and O–H groups in total. The molecule has 1 aliphatic heterocycles. The van der Waals surface area contributed by atoms with E-state index in [9.17, 15) is 28.4 Å². The number of hydrogen-bond acceptors (Lipinski definition) is 9. The van der Waals surface area contributed by atoms with Gasteiger partial charge in [-0.3, -0.25) is 28.4 Å². The summed E-state index contributed by atoms with van der Waals surface area (Å²) in [5, 5.41) is 0. The first-order valence-corrected chi connectivity index (χ1v) is 20.0. The Bertz CT molecular complexity index is 1330. The molecule has 0 radical (unpaired) electrons. The molecule has 4 rings (SSSR count). The van der Waals surface area contributed by atoms with Crippen molar-refractivity contribution in [2.75, 3.05) is 59.3 Å². The van der Waals surface area contributed by atoms with Gasteiger partial charge in [0.2, 0.25) is 22.1 Å². The van der Waals surface area contributed by atoms with E-state index in [-0.39, 0.29) is 16.3 Å². The van der Waals surface area contributed by atoms with Crippen molar-refractivity contribution >= 4 is 38.4 Å². The van der Waals surface area contributed by atoms with Crippen molar-refractivity contribution in [1.82, 2.24) is 29.7 Å². The zero-order valence-electron chi connectivity index (χ0n) is 24.2. The van der Waals surface area contributed by atoms with E-state index in [1.165, 1.54) is 20.0 Å². The van der Waals surface area contributed by atoms with Crippen LogP contribution in [0.2, 0.25) is 0 Å². The smallest absolute Gasteiger partial charge is 0.244 e. The molecule has 0 aliphatic carbocycles. The minimum atomic E-state index is -3.49. The Labute approximate surface area is 246 Å². The molecule has 0 bridgehead atoms. The van der Waals surface area contributed by atoms with Gasteiger partial charge in [-0.1, -0.05) is 18.2 Å². The van der Waals surface area contributed by atoms with Crippen LogP contribution >= 0.6 is 22.1 Å². The summed E-state index contributed by atoms with van der Waals surface area (Å²) in [6, 6.07) is 15.5. The molecule has 3 unspecified atom stereocenters.